The van der Waals surface area contributed by atoms with Crippen molar-refractivity contribution in [1.29, 1.82) is 0 Å². The smallest absolute Gasteiger partial charge is 0.0637 e. The number of nitrogens with one attached hydrogen (secondary N) is 1. The Morgan fingerprint density at radius 1 is 1.29 bits per heavy atom. The van der Waals surface area contributed by atoms with Gasteiger partial charge in [0.2, 0.25) is 0 Å². The Bertz CT molecular complexity index is 335. The van der Waals surface area contributed by atoms with E-state index in [1.807, 2.05) is 0 Å². The number of hydrogen-bond donors (Lipinski definition) is 1. The summed E-state index contributed by atoms with van der Waals surface area (Å²) < 4.78 is 6.55. The van der Waals surface area contributed by atoms with Gasteiger partial charge in [-0.3, -0.25) is 0 Å². The highest BCUT2D eigenvalue weighted by atomic mass is 79.9. The van der Waals surface area contributed by atoms with Gasteiger partial charge in [0.05, 0.1) is 5.60 Å². The van der Waals surface area contributed by atoms with Crippen LogP contribution in [0, 0.1) is 0 Å². The third kappa shape index (κ3) is 5.66. The summed E-state index contributed by atoms with van der Waals surface area (Å²) in [6.07, 6.45) is 1.00. The molecule has 0 aliphatic rings. The van der Waals surface area contributed by atoms with E-state index >= 15 is 0 Å². The van der Waals surface area contributed by atoms with Crippen molar-refractivity contribution in [3.63, 3.8) is 0 Å². The number of rotatable bonds is 6. The molecule has 0 radical (unpaired) electrons. The van der Waals surface area contributed by atoms with Gasteiger partial charge in [0.25, 0.3) is 0 Å². The first-order valence-electron chi connectivity index (χ1n) is 5.96. The lowest BCUT2D eigenvalue weighted by molar-refractivity contribution is 0.00844. The van der Waals surface area contributed by atoms with Crippen LogP contribution in [0.3, 0.4) is 0 Å². The number of ether oxygens (including phenoxy) is 1. The maximum absolute atomic E-state index is 5.43. The van der Waals surface area contributed by atoms with Crippen LogP contribution in [0.5, 0.6) is 0 Å². The van der Waals surface area contributed by atoms with Crippen molar-refractivity contribution in [2.75, 3.05) is 7.11 Å². The molecule has 0 aliphatic carbocycles. The van der Waals surface area contributed by atoms with Gasteiger partial charge in [-0.05, 0) is 44.9 Å². The number of hydrogen-bond acceptors (Lipinski definition) is 2. The summed E-state index contributed by atoms with van der Waals surface area (Å²) >= 11 is 3.44. The van der Waals surface area contributed by atoms with Crippen molar-refractivity contribution < 1.29 is 4.74 Å². The van der Waals surface area contributed by atoms with Crippen LogP contribution in [0.25, 0.3) is 0 Å². The zero-order valence-electron chi connectivity index (χ0n) is 11.1. The summed E-state index contributed by atoms with van der Waals surface area (Å²) in [6, 6.07) is 8.84. The summed E-state index contributed by atoms with van der Waals surface area (Å²) in [6.45, 7) is 7.32. The molecular formula is C14H22BrNO. The van der Waals surface area contributed by atoms with Crippen LogP contribution in [-0.2, 0) is 11.3 Å². The molecule has 3 heteroatoms. The number of halogens is 1. The second kappa shape index (κ2) is 6.53. The zero-order chi connectivity index (χ0) is 12.9. The average Bonchev–Trinajstić information content (AvgIpc) is 2.28. The van der Waals surface area contributed by atoms with Crippen molar-refractivity contribution in [2.24, 2.45) is 0 Å². The lowest BCUT2D eigenvalue weighted by Crippen LogP contribution is -2.35. The lowest BCUT2D eigenvalue weighted by Gasteiger charge is -2.27. The quantitative estimate of drug-likeness (QED) is 0.864. The van der Waals surface area contributed by atoms with E-state index in [1.54, 1.807) is 7.11 Å². The molecule has 1 aromatic rings. The van der Waals surface area contributed by atoms with E-state index in [4.69, 9.17) is 4.74 Å². The van der Waals surface area contributed by atoms with Gasteiger partial charge in [0, 0.05) is 24.2 Å². The monoisotopic (exact) mass is 299 g/mol. The summed E-state index contributed by atoms with van der Waals surface area (Å²) in [5.74, 6) is 0. The molecule has 1 atom stereocenters. The van der Waals surface area contributed by atoms with Gasteiger partial charge in [-0.1, -0.05) is 28.1 Å². The summed E-state index contributed by atoms with van der Waals surface area (Å²) in [4.78, 5) is 0. The SMILES string of the molecule is COC(C)(C)CC(C)NCc1ccc(Br)cc1. The largest absolute Gasteiger partial charge is 0.379 e. The van der Waals surface area contributed by atoms with Crippen LogP contribution in [-0.4, -0.2) is 18.8 Å². The van der Waals surface area contributed by atoms with Crippen molar-refractivity contribution >= 4 is 15.9 Å². The topological polar surface area (TPSA) is 21.3 Å². The molecule has 0 bridgehead atoms. The van der Waals surface area contributed by atoms with E-state index in [9.17, 15) is 0 Å². The Morgan fingerprint density at radius 2 is 1.88 bits per heavy atom. The van der Waals surface area contributed by atoms with Gasteiger partial charge in [0.1, 0.15) is 0 Å². The molecule has 0 fully saturated rings. The molecule has 1 unspecified atom stereocenters. The first kappa shape index (κ1) is 14.7. The van der Waals surface area contributed by atoms with E-state index < -0.39 is 0 Å². The Morgan fingerprint density at radius 3 is 2.41 bits per heavy atom. The van der Waals surface area contributed by atoms with Crippen molar-refractivity contribution in [2.45, 2.75) is 45.4 Å². The minimum absolute atomic E-state index is 0.0634. The third-order valence-corrected chi connectivity index (χ3v) is 3.45. The molecule has 2 nitrogen and oxygen atoms in total. The fourth-order valence-corrected chi connectivity index (χ4v) is 2.05. The first-order chi connectivity index (χ1) is 7.93. The fourth-order valence-electron chi connectivity index (χ4n) is 1.79. The van der Waals surface area contributed by atoms with Crippen molar-refractivity contribution in [3.8, 4) is 0 Å². The van der Waals surface area contributed by atoms with Crippen molar-refractivity contribution in [3.05, 3.63) is 34.3 Å². The molecule has 0 aliphatic heterocycles. The van der Waals surface area contributed by atoms with Gasteiger partial charge in [0.15, 0.2) is 0 Å². The standard InChI is InChI=1S/C14H22BrNO/c1-11(9-14(2,3)17-4)16-10-12-5-7-13(15)8-6-12/h5-8,11,16H,9-10H2,1-4H3. The van der Waals surface area contributed by atoms with Gasteiger partial charge >= 0.3 is 0 Å². The van der Waals surface area contributed by atoms with E-state index in [0.29, 0.717) is 6.04 Å². The normalized spacial score (nSPS) is 13.7. The maximum atomic E-state index is 5.43. The fraction of sp³-hybridized carbons (Fsp3) is 0.571. The number of methoxy groups -OCH3 is 1. The molecule has 1 rings (SSSR count). The van der Waals surface area contributed by atoms with Crippen LogP contribution >= 0.6 is 15.9 Å². The van der Waals surface area contributed by atoms with Gasteiger partial charge in [-0.2, -0.15) is 0 Å². The molecule has 0 aromatic heterocycles. The highest BCUT2D eigenvalue weighted by Crippen LogP contribution is 2.16. The third-order valence-electron chi connectivity index (χ3n) is 2.92. The molecule has 0 spiro atoms. The van der Waals surface area contributed by atoms with Gasteiger partial charge < -0.3 is 10.1 Å². The molecule has 17 heavy (non-hydrogen) atoms. The Labute approximate surface area is 113 Å². The Hall–Kier alpha value is -0.380. The van der Waals surface area contributed by atoms with Gasteiger partial charge in [-0.15, -0.1) is 0 Å². The second-order valence-electron chi connectivity index (χ2n) is 5.08. The first-order valence-corrected chi connectivity index (χ1v) is 6.75. The average molecular weight is 300 g/mol. The predicted octanol–water partition coefficient (Wildman–Crippen LogP) is 3.74. The summed E-state index contributed by atoms with van der Waals surface area (Å²) in [5, 5.41) is 3.51. The number of benzene rings is 1. The molecule has 96 valence electrons. The van der Waals surface area contributed by atoms with E-state index in [1.165, 1.54) is 5.56 Å². The molecule has 0 amide bonds. The van der Waals surface area contributed by atoms with Gasteiger partial charge in [-0.25, -0.2) is 0 Å². The van der Waals surface area contributed by atoms with Crippen LogP contribution in [0.1, 0.15) is 32.8 Å². The van der Waals surface area contributed by atoms with E-state index in [-0.39, 0.29) is 5.60 Å². The lowest BCUT2D eigenvalue weighted by atomic mass is 10.00. The molecule has 0 heterocycles. The highest BCUT2D eigenvalue weighted by Gasteiger charge is 2.19. The van der Waals surface area contributed by atoms with E-state index in [0.717, 1.165) is 17.4 Å². The second-order valence-corrected chi connectivity index (χ2v) is 5.99. The Balaban J connectivity index is 2.38. The molecule has 0 saturated heterocycles. The Kier molecular flexibility index (Phi) is 5.63. The minimum Gasteiger partial charge on any atom is -0.379 e. The van der Waals surface area contributed by atoms with Crippen LogP contribution in [0.4, 0.5) is 0 Å². The maximum Gasteiger partial charge on any atom is 0.0637 e. The molecular weight excluding hydrogens is 278 g/mol. The molecule has 1 N–H and O–H groups in total. The van der Waals surface area contributed by atoms with Crippen LogP contribution in [0.2, 0.25) is 0 Å². The van der Waals surface area contributed by atoms with Crippen LogP contribution < -0.4 is 5.32 Å². The minimum atomic E-state index is -0.0634. The molecule has 1 aromatic carbocycles. The summed E-state index contributed by atoms with van der Waals surface area (Å²) in [7, 11) is 1.77. The van der Waals surface area contributed by atoms with E-state index in [2.05, 4.69) is 66.3 Å². The highest BCUT2D eigenvalue weighted by molar-refractivity contribution is 9.10. The molecule has 0 saturated carbocycles. The predicted molar refractivity (Wildman–Crippen MR) is 76.1 cm³/mol. The zero-order valence-corrected chi connectivity index (χ0v) is 12.7. The summed E-state index contributed by atoms with van der Waals surface area (Å²) in [5.41, 5.74) is 1.24. The van der Waals surface area contributed by atoms with Crippen LogP contribution in [0.15, 0.2) is 28.7 Å². The van der Waals surface area contributed by atoms with Crippen molar-refractivity contribution in [1.82, 2.24) is 5.32 Å².